The molecule has 11 atom stereocenters. The zero-order chi connectivity index (χ0) is 66.1. The molecule has 1 fully saturated rings. The molecule has 0 unspecified atom stereocenters. The average molecular weight is 1240 g/mol. The second kappa shape index (κ2) is 37.8. The first-order valence-electron chi connectivity index (χ1n) is 31.4. The van der Waals surface area contributed by atoms with Crippen molar-refractivity contribution in [1.29, 1.82) is 0 Å². The van der Waals surface area contributed by atoms with Crippen LogP contribution in [0.3, 0.4) is 0 Å². The number of Topliss-reactive ketones (excluding diaryl/α,β-unsaturated/α-hetero) is 4. The fourth-order valence-corrected chi connectivity index (χ4v) is 11.8. The van der Waals surface area contributed by atoms with Crippen LogP contribution in [0, 0.1) is 41.4 Å². The van der Waals surface area contributed by atoms with Gasteiger partial charge in [0, 0.05) is 97.3 Å². The van der Waals surface area contributed by atoms with E-state index in [0.29, 0.717) is 49.8 Å². The first kappa shape index (κ1) is 76.2. The number of ether oxygens (including phenoxy) is 5. The van der Waals surface area contributed by atoms with E-state index in [9.17, 15) is 57.8 Å². The molecule has 0 spiro atoms. The summed E-state index contributed by atoms with van der Waals surface area (Å²) in [4.78, 5) is 153. The molecule has 1 aromatic rings. The Kier molecular flexibility index (Phi) is 32.7. The smallest absolute Gasteiger partial charge is 0.313 e. The minimum Gasteiger partial charge on any atom is -0.481 e. The van der Waals surface area contributed by atoms with Gasteiger partial charge in [-0.3, -0.25) is 57.6 Å². The molecular weight excluding hydrogens is 1130 g/mol. The number of amides is 4. The number of esters is 1. The second-order valence-corrected chi connectivity index (χ2v) is 25.0. The highest BCUT2D eigenvalue weighted by Crippen LogP contribution is 2.34. The highest BCUT2D eigenvalue weighted by Gasteiger charge is 2.44. The standard InChI is InChI=1S/C66H103N5O17/c1-16-41(6)62(70(13)65(81)49(39(2)3)37-55(76)61(40(4)5)69(11)12)57(84-14)38-59(78)71-27-17-21-51(71)63(85-15)44(9)53(74)36-47(66(82)83)34-46-23-24-56-50(35-46)68-64(80)43(8)33-54(75)45(10)67-58(77)25-30-86-28-18-20-48(72)32-42(7)52(73)22-19-29-87-31-26-60(79)88-56/h23-24,32,35,39-41,43-45,47,49,51,57,61-63H,16-22,25-31,33-34,36-38H2,1-15H3,(H,67,77)(H,68,80)(H,82,83)/b42-32-/t41-,43+,44-,45-,47+,49-,51-,57+,61-,62-,63+/m0/s1. The number of likely N-dealkylation sites (N-methyl/N-ethyl adjacent to an activating group) is 2. The number of fused-ring (bicyclic) bond motifs is 1. The number of hydrogen-bond donors (Lipinski definition) is 3. The number of carbonyl (C=O) groups excluding carboxylic acids is 10. The van der Waals surface area contributed by atoms with Crippen molar-refractivity contribution < 1.29 is 81.5 Å². The maximum Gasteiger partial charge on any atom is 0.313 e. The number of ketones is 5. The Bertz CT molecular complexity index is 2570. The molecule has 88 heavy (non-hydrogen) atoms. The minimum atomic E-state index is -1.28. The number of allylic oxidation sites excluding steroid dienone is 2. The van der Waals surface area contributed by atoms with Crippen LogP contribution in [0.25, 0.3) is 0 Å². The Morgan fingerprint density at radius 2 is 1.44 bits per heavy atom. The molecule has 3 N–H and O–H groups in total. The third-order valence-electron chi connectivity index (χ3n) is 17.2. The SMILES string of the molecule is CC[C@H](C)[C@@H]([C@@H](CC(=O)N1CCC[C@H]1[C@H](OC)[C@@H](C)C(=O)C[C@@H](Cc1ccc2c(c1)NC(=O)[C@H](C)CC(=O)[C@H](C)NC(=O)CCOCCCC(=O)/C=C(/C)C(=O)CCCOCCC(=O)O2)C(=O)O)OC)N(C)C(=O)[C@@H](CC(=O)[C@H](C(C)C)N(C)C)C(C)C. The lowest BCUT2D eigenvalue weighted by atomic mass is 9.83. The number of methoxy groups -OCH3 is 2. The molecule has 0 bridgehead atoms. The van der Waals surface area contributed by atoms with Crippen molar-refractivity contribution in [2.24, 2.45) is 41.4 Å². The maximum absolute atomic E-state index is 14.6. The Hall–Kier alpha value is -6.07. The lowest BCUT2D eigenvalue weighted by Crippen LogP contribution is -2.54. The van der Waals surface area contributed by atoms with Crippen LogP contribution >= 0.6 is 0 Å². The van der Waals surface area contributed by atoms with Gasteiger partial charge in [0.1, 0.15) is 5.78 Å². The van der Waals surface area contributed by atoms with Crippen LogP contribution in [-0.2, 0) is 78.1 Å². The van der Waals surface area contributed by atoms with Crippen molar-refractivity contribution in [3.8, 4) is 5.75 Å². The van der Waals surface area contributed by atoms with Gasteiger partial charge in [0.25, 0.3) is 0 Å². The maximum atomic E-state index is 14.6. The third-order valence-corrected chi connectivity index (χ3v) is 17.2. The van der Waals surface area contributed by atoms with Crippen molar-refractivity contribution in [1.82, 2.24) is 20.0 Å². The number of aliphatic carboxylic acids is 1. The normalized spacial score (nSPS) is 22.3. The number of benzene rings is 1. The number of rotatable bonds is 23. The van der Waals surface area contributed by atoms with Gasteiger partial charge in [-0.15, -0.1) is 0 Å². The quantitative estimate of drug-likeness (QED) is 0.0731. The Balaban J connectivity index is 1.85. The Labute approximate surface area is 521 Å². The summed E-state index contributed by atoms with van der Waals surface area (Å²) in [7, 11) is 8.40. The number of hydrogen-bond acceptors (Lipinski definition) is 17. The lowest BCUT2D eigenvalue weighted by Gasteiger charge is -2.41. The topological polar surface area (TPSA) is 288 Å². The number of likely N-dealkylation sites (tertiary alicyclic amines) is 1. The van der Waals surface area contributed by atoms with Gasteiger partial charge in [-0.1, -0.05) is 67.9 Å². The first-order chi connectivity index (χ1) is 41.5. The van der Waals surface area contributed by atoms with Gasteiger partial charge >= 0.3 is 11.9 Å². The van der Waals surface area contributed by atoms with Crippen LogP contribution < -0.4 is 15.4 Å². The largest absolute Gasteiger partial charge is 0.481 e. The summed E-state index contributed by atoms with van der Waals surface area (Å²) in [5.74, 6) is -8.96. The van der Waals surface area contributed by atoms with Crippen LogP contribution in [0.1, 0.15) is 158 Å². The van der Waals surface area contributed by atoms with E-state index in [1.165, 1.54) is 52.3 Å². The van der Waals surface area contributed by atoms with Gasteiger partial charge in [-0.25, -0.2) is 0 Å². The van der Waals surface area contributed by atoms with Crippen molar-refractivity contribution in [2.45, 2.75) is 196 Å². The van der Waals surface area contributed by atoms with E-state index in [1.54, 1.807) is 30.7 Å². The van der Waals surface area contributed by atoms with E-state index in [1.807, 2.05) is 60.5 Å². The number of carboxylic acids is 1. The predicted octanol–water partition coefficient (Wildman–Crippen LogP) is 7.04. The van der Waals surface area contributed by atoms with E-state index in [4.69, 9.17) is 23.7 Å². The second-order valence-electron chi connectivity index (χ2n) is 25.0. The van der Waals surface area contributed by atoms with Crippen molar-refractivity contribution in [3.63, 3.8) is 0 Å². The third kappa shape index (κ3) is 23.7. The fraction of sp³-hybridized carbons (Fsp3) is 0.712. The monoisotopic (exact) mass is 1240 g/mol. The van der Waals surface area contributed by atoms with E-state index in [-0.39, 0.29) is 142 Å². The van der Waals surface area contributed by atoms with Crippen LogP contribution in [0.4, 0.5) is 5.69 Å². The van der Waals surface area contributed by atoms with Gasteiger partial charge in [-0.05, 0) is 107 Å². The molecule has 0 radical (unpaired) electrons. The summed E-state index contributed by atoms with van der Waals surface area (Å²) in [5, 5.41) is 16.0. The molecule has 1 saturated heterocycles. The van der Waals surface area contributed by atoms with Crippen LogP contribution in [0.5, 0.6) is 5.75 Å². The summed E-state index contributed by atoms with van der Waals surface area (Å²) in [6, 6.07) is 1.93. The van der Waals surface area contributed by atoms with Gasteiger partial charge in [-0.2, -0.15) is 0 Å². The number of anilines is 1. The molecule has 2 aliphatic heterocycles. The molecule has 2 heterocycles. The Morgan fingerprint density at radius 1 is 0.795 bits per heavy atom. The number of nitrogens with one attached hydrogen (secondary N) is 2. The molecule has 22 heteroatoms. The van der Waals surface area contributed by atoms with Crippen molar-refractivity contribution >= 4 is 70.2 Å². The highest BCUT2D eigenvalue weighted by molar-refractivity contribution is 6.02. The Morgan fingerprint density at radius 3 is 2.03 bits per heavy atom. The van der Waals surface area contributed by atoms with E-state index in [0.717, 1.165) is 0 Å². The molecule has 4 amide bonds. The van der Waals surface area contributed by atoms with E-state index >= 15 is 0 Å². The highest BCUT2D eigenvalue weighted by atomic mass is 16.5. The fourth-order valence-electron chi connectivity index (χ4n) is 11.8. The summed E-state index contributed by atoms with van der Waals surface area (Å²) in [5.41, 5.74) is 0.640. The molecular formula is C66H103N5O17. The zero-order valence-electron chi connectivity index (χ0n) is 55.1. The van der Waals surface area contributed by atoms with Gasteiger partial charge in [0.2, 0.25) is 23.6 Å². The zero-order valence-corrected chi connectivity index (χ0v) is 55.1. The number of carbonyl (C=O) groups is 11. The molecule has 0 aromatic heterocycles. The van der Waals surface area contributed by atoms with E-state index < -0.39 is 95.7 Å². The number of carboxylic acid groups (broad SMARTS) is 1. The first-order valence-corrected chi connectivity index (χ1v) is 31.4. The molecule has 22 nitrogen and oxygen atoms in total. The minimum absolute atomic E-state index is 0.0109. The lowest BCUT2D eigenvalue weighted by molar-refractivity contribution is -0.149. The molecule has 1 aromatic carbocycles. The van der Waals surface area contributed by atoms with E-state index in [2.05, 4.69) is 10.6 Å². The van der Waals surface area contributed by atoms with Gasteiger partial charge in [0.05, 0.1) is 74.0 Å². The predicted molar refractivity (Wildman–Crippen MR) is 331 cm³/mol. The summed E-state index contributed by atoms with van der Waals surface area (Å²) in [6.07, 6.45) is 1.26. The number of nitrogens with zero attached hydrogens (tertiary/aromatic N) is 3. The van der Waals surface area contributed by atoms with Crippen molar-refractivity contribution in [2.75, 3.05) is 73.7 Å². The molecule has 2 aliphatic rings. The molecule has 3 rings (SSSR count). The summed E-state index contributed by atoms with van der Waals surface area (Å²) >= 11 is 0. The van der Waals surface area contributed by atoms with Crippen molar-refractivity contribution in [3.05, 3.63) is 35.4 Å². The molecule has 0 saturated carbocycles. The molecule has 0 aliphatic carbocycles. The summed E-state index contributed by atoms with van der Waals surface area (Å²) < 4.78 is 28.9. The molecule has 494 valence electrons. The van der Waals surface area contributed by atoms with Crippen LogP contribution in [-0.4, -0.2) is 189 Å². The average Bonchev–Trinajstić information content (AvgIpc) is 3.42. The summed E-state index contributed by atoms with van der Waals surface area (Å²) in [6.45, 7) is 18.7. The van der Waals surface area contributed by atoms with Crippen LogP contribution in [0.15, 0.2) is 29.8 Å². The van der Waals surface area contributed by atoms with Crippen LogP contribution in [0.2, 0.25) is 0 Å². The van der Waals surface area contributed by atoms with Gasteiger partial charge in [0.15, 0.2) is 28.9 Å². The van der Waals surface area contributed by atoms with Gasteiger partial charge < -0.3 is 49.2 Å².